The van der Waals surface area contributed by atoms with Crippen molar-refractivity contribution >= 4 is 11.5 Å². The molecule has 14 heavy (non-hydrogen) atoms. The van der Waals surface area contributed by atoms with Gasteiger partial charge >= 0.3 is 0 Å². The van der Waals surface area contributed by atoms with Crippen LogP contribution in [0.4, 0.5) is 14.5 Å². The lowest BCUT2D eigenvalue weighted by Crippen LogP contribution is -1.95. The zero-order chi connectivity index (χ0) is 10.7. The fourth-order valence-corrected chi connectivity index (χ4v) is 0.909. The van der Waals surface area contributed by atoms with E-state index in [9.17, 15) is 13.6 Å². The fourth-order valence-electron chi connectivity index (χ4n) is 0.909. The van der Waals surface area contributed by atoms with Crippen LogP contribution in [0.15, 0.2) is 17.2 Å². The summed E-state index contributed by atoms with van der Waals surface area (Å²) in [4.78, 5) is 13.0. The molecule has 0 aliphatic rings. The Kier molecular flexibility index (Phi) is 2.79. The summed E-state index contributed by atoms with van der Waals surface area (Å²) in [5, 5.41) is 2.83. The molecule has 1 aromatic rings. The maximum absolute atomic E-state index is 13.0. The van der Waals surface area contributed by atoms with Crippen molar-refractivity contribution in [2.24, 2.45) is 5.11 Å². The van der Waals surface area contributed by atoms with Crippen LogP contribution >= 0.6 is 0 Å². The van der Waals surface area contributed by atoms with Gasteiger partial charge in [0.2, 0.25) is 0 Å². The van der Waals surface area contributed by atoms with Gasteiger partial charge in [-0.15, -0.1) is 0 Å². The molecule has 6 heteroatoms. The number of Topliss-reactive ketones (excluding diaryl/α,β-unsaturated/α-hetero) is 1. The molecule has 0 radical (unpaired) electrons. The molecule has 0 saturated heterocycles. The van der Waals surface area contributed by atoms with E-state index in [1.165, 1.54) is 6.92 Å². The number of ketones is 1. The van der Waals surface area contributed by atoms with Crippen LogP contribution in [0.25, 0.3) is 10.4 Å². The van der Waals surface area contributed by atoms with E-state index in [4.69, 9.17) is 5.53 Å². The topological polar surface area (TPSA) is 65.8 Å². The van der Waals surface area contributed by atoms with Gasteiger partial charge in [0.25, 0.3) is 0 Å². The second-order valence-electron chi connectivity index (χ2n) is 2.53. The second-order valence-corrected chi connectivity index (χ2v) is 2.53. The molecule has 0 fully saturated rings. The molecule has 0 amide bonds. The molecule has 0 N–H and O–H groups in total. The third-order valence-corrected chi connectivity index (χ3v) is 1.57. The van der Waals surface area contributed by atoms with Crippen molar-refractivity contribution < 1.29 is 13.6 Å². The van der Waals surface area contributed by atoms with Gasteiger partial charge in [-0.1, -0.05) is 5.11 Å². The smallest absolute Gasteiger partial charge is 0.160 e. The first-order valence-corrected chi connectivity index (χ1v) is 3.61. The fraction of sp³-hybridized carbons (Fsp3) is 0.125. The standard InChI is InChI=1S/C8H5F2N3O/c1-4(14)5-2-6(9)8(12-13-11)7(10)3-5/h2-3H,1H3. The Morgan fingerprint density at radius 1 is 1.43 bits per heavy atom. The Labute approximate surface area is 77.8 Å². The number of carbonyl (C=O) groups excluding carboxylic acids is 1. The van der Waals surface area contributed by atoms with Crippen LogP contribution < -0.4 is 0 Å². The molecule has 0 aromatic heterocycles. The molecule has 0 aliphatic heterocycles. The minimum atomic E-state index is -1.05. The molecule has 0 bridgehead atoms. The normalized spacial score (nSPS) is 9.36. The van der Waals surface area contributed by atoms with Crippen LogP contribution in [0.3, 0.4) is 0 Å². The van der Waals surface area contributed by atoms with Crippen molar-refractivity contribution in [2.75, 3.05) is 0 Å². The van der Waals surface area contributed by atoms with E-state index in [0.717, 1.165) is 12.1 Å². The van der Waals surface area contributed by atoms with Crippen LogP contribution in [0.5, 0.6) is 0 Å². The van der Waals surface area contributed by atoms with E-state index < -0.39 is 23.1 Å². The highest BCUT2D eigenvalue weighted by Gasteiger charge is 2.11. The Morgan fingerprint density at radius 2 is 1.93 bits per heavy atom. The number of benzene rings is 1. The summed E-state index contributed by atoms with van der Waals surface area (Å²) in [6.45, 7) is 1.18. The zero-order valence-electron chi connectivity index (χ0n) is 7.16. The molecule has 0 heterocycles. The summed E-state index contributed by atoms with van der Waals surface area (Å²) < 4.78 is 26.0. The molecule has 4 nitrogen and oxygen atoms in total. The van der Waals surface area contributed by atoms with Crippen LogP contribution in [0.1, 0.15) is 17.3 Å². The summed E-state index contributed by atoms with van der Waals surface area (Å²) in [5.74, 6) is -2.56. The van der Waals surface area contributed by atoms with E-state index in [1.807, 2.05) is 0 Å². The van der Waals surface area contributed by atoms with Gasteiger partial charge in [0.05, 0.1) is 0 Å². The maximum Gasteiger partial charge on any atom is 0.160 e. The van der Waals surface area contributed by atoms with Crippen molar-refractivity contribution in [3.05, 3.63) is 39.8 Å². The van der Waals surface area contributed by atoms with Gasteiger partial charge in [0.1, 0.15) is 17.3 Å². The Bertz CT molecular complexity index is 415. The van der Waals surface area contributed by atoms with Crippen LogP contribution in [-0.2, 0) is 0 Å². The van der Waals surface area contributed by atoms with Gasteiger partial charge in [0, 0.05) is 10.5 Å². The van der Waals surface area contributed by atoms with E-state index in [2.05, 4.69) is 10.0 Å². The highest BCUT2D eigenvalue weighted by molar-refractivity contribution is 5.94. The van der Waals surface area contributed by atoms with Gasteiger partial charge in [0.15, 0.2) is 5.78 Å². The molecular formula is C8H5F2N3O. The van der Waals surface area contributed by atoms with Gasteiger partial charge in [-0.2, -0.15) is 0 Å². The summed E-state index contributed by atoms with van der Waals surface area (Å²) in [6.07, 6.45) is 0. The minimum Gasteiger partial charge on any atom is -0.295 e. The van der Waals surface area contributed by atoms with Crippen molar-refractivity contribution in [1.82, 2.24) is 0 Å². The molecule has 0 unspecified atom stereocenters. The van der Waals surface area contributed by atoms with Crippen molar-refractivity contribution in [3.8, 4) is 0 Å². The predicted molar refractivity (Wildman–Crippen MR) is 45.2 cm³/mol. The average molecular weight is 197 g/mol. The molecule has 0 spiro atoms. The van der Waals surface area contributed by atoms with Crippen LogP contribution in [-0.4, -0.2) is 5.78 Å². The van der Waals surface area contributed by atoms with Crippen molar-refractivity contribution in [1.29, 1.82) is 0 Å². The molecule has 0 saturated carbocycles. The highest BCUT2D eigenvalue weighted by Crippen LogP contribution is 2.23. The number of hydrogen-bond acceptors (Lipinski definition) is 2. The molecular weight excluding hydrogens is 192 g/mol. The largest absolute Gasteiger partial charge is 0.295 e. The van der Waals surface area contributed by atoms with E-state index in [0.29, 0.717) is 0 Å². The number of nitrogens with zero attached hydrogens (tertiary/aromatic N) is 3. The molecule has 0 aliphatic carbocycles. The van der Waals surface area contributed by atoms with Gasteiger partial charge in [-0.05, 0) is 24.6 Å². The Balaban J connectivity index is 3.39. The monoisotopic (exact) mass is 197 g/mol. The van der Waals surface area contributed by atoms with E-state index in [-0.39, 0.29) is 5.56 Å². The number of carbonyl (C=O) groups is 1. The highest BCUT2D eigenvalue weighted by atomic mass is 19.1. The molecule has 0 atom stereocenters. The first-order chi connectivity index (χ1) is 6.56. The lowest BCUT2D eigenvalue weighted by atomic mass is 10.1. The second kappa shape index (κ2) is 3.85. The Hall–Kier alpha value is -1.94. The summed E-state index contributed by atoms with van der Waals surface area (Å²) in [5.41, 5.74) is 7.18. The zero-order valence-corrected chi connectivity index (χ0v) is 7.16. The Morgan fingerprint density at radius 3 is 2.29 bits per heavy atom. The minimum absolute atomic E-state index is 0.100. The maximum atomic E-state index is 13.0. The van der Waals surface area contributed by atoms with Crippen LogP contribution in [0.2, 0.25) is 0 Å². The van der Waals surface area contributed by atoms with Crippen molar-refractivity contribution in [2.45, 2.75) is 6.92 Å². The summed E-state index contributed by atoms with van der Waals surface area (Å²) in [6, 6.07) is 1.66. The van der Waals surface area contributed by atoms with E-state index >= 15 is 0 Å². The third kappa shape index (κ3) is 1.86. The lowest BCUT2D eigenvalue weighted by molar-refractivity contribution is 0.101. The molecule has 72 valence electrons. The van der Waals surface area contributed by atoms with E-state index in [1.54, 1.807) is 0 Å². The first-order valence-electron chi connectivity index (χ1n) is 3.61. The summed E-state index contributed by atoms with van der Waals surface area (Å²) >= 11 is 0. The molecule has 1 rings (SSSR count). The molecule has 1 aromatic carbocycles. The van der Waals surface area contributed by atoms with Gasteiger partial charge in [-0.25, -0.2) is 8.78 Å². The third-order valence-electron chi connectivity index (χ3n) is 1.57. The van der Waals surface area contributed by atoms with Crippen molar-refractivity contribution in [3.63, 3.8) is 0 Å². The van der Waals surface area contributed by atoms with Crippen LogP contribution in [0, 0.1) is 11.6 Å². The SMILES string of the molecule is CC(=O)c1cc(F)c(N=[N+]=[N-])c(F)c1. The average Bonchev–Trinajstić information content (AvgIpc) is 2.10. The quantitative estimate of drug-likeness (QED) is 0.311. The number of rotatable bonds is 2. The number of azide groups is 1. The number of hydrogen-bond donors (Lipinski definition) is 0. The lowest BCUT2D eigenvalue weighted by Gasteiger charge is -2.00. The first kappa shape index (κ1) is 10.1. The summed E-state index contributed by atoms with van der Waals surface area (Å²) in [7, 11) is 0. The predicted octanol–water partition coefficient (Wildman–Crippen LogP) is 3.11. The van der Waals surface area contributed by atoms with Gasteiger partial charge < -0.3 is 0 Å². The number of halogens is 2. The van der Waals surface area contributed by atoms with Gasteiger partial charge in [-0.3, -0.25) is 4.79 Å².